The van der Waals surface area contributed by atoms with Gasteiger partial charge in [-0.25, -0.2) is 0 Å². The highest BCUT2D eigenvalue weighted by atomic mass is 32.2. The van der Waals surface area contributed by atoms with Crippen molar-refractivity contribution in [3.05, 3.63) is 64.5 Å². The quantitative estimate of drug-likeness (QED) is 0.400. The van der Waals surface area contributed by atoms with Crippen LogP contribution >= 0.6 is 11.8 Å². The van der Waals surface area contributed by atoms with E-state index in [4.69, 9.17) is 13.9 Å². The van der Waals surface area contributed by atoms with Crippen LogP contribution in [0.4, 0.5) is 0 Å². The summed E-state index contributed by atoms with van der Waals surface area (Å²) < 4.78 is 17.3. The Kier molecular flexibility index (Phi) is 6.40. The van der Waals surface area contributed by atoms with Crippen LogP contribution in [0.2, 0.25) is 0 Å². The van der Waals surface area contributed by atoms with Crippen molar-refractivity contribution in [2.45, 2.75) is 39.5 Å². The Bertz CT molecular complexity index is 888. The van der Waals surface area contributed by atoms with E-state index in [0.29, 0.717) is 17.7 Å². The van der Waals surface area contributed by atoms with Crippen molar-refractivity contribution in [1.82, 2.24) is 10.2 Å². The van der Waals surface area contributed by atoms with Gasteiger partial charge in [0.1, 0.15) is 11.5 Å². The maximum atomic E-state index is 5.89. The minimum atomic E-state index is 0.261. The van der Waals surface area contributed by atoms with Gasteiger partial charge in [-0.3, -0.25) is 0 Å². The minimum Gasteiger partial charge on any atom is -0.492 e. The predicted octanol–water partition coefficient (Wildman–Crippen LogP) is 5.05. The topological polar surface area (TPSA) is 57.4 Å². The number of rotatable bonds is 8. The lowest BCUT2D eigenvalue weighted by molar-refractivity contribution is 0.250. The Labute approximate surface area is 164 Å². The molecule has 0 aliphatic heterocycles. The molecule has 3 aromatic rings. The third-order valence-corrected chi connectivity index (χ3v) is 4.89. The van der Waals surface area contributed by atoms with Gasteiger partial charge in [0.15, 0.2) is 6.61 Å². The lowest BCUT2D eigenvalue weighted by Gasteiger charge is -2.10. The van der Waals surface area contributed by atoms with Crippen LogP contribution in [0, 0.1) is 27.7 Å². The lowest BCUT2D eigenvalue weighted by atomic mass is 10.1. The molecule has 0 aliphatic carbocycles. The number of thioether (sulfide) groups is 1. The summed E-state index contributed by atoms with van der Waals surface area (Å²) in [6, 6.07) is 12.2. The van der Waals surface area contributed by atoms with Crippen molar-refractivity contribution in [2.24, 2.45) is 0 Å². The first-order valence-electron chi connectivity index (χ1n) is 8.87. The van der Waals surface area contributed by atoms with E-state index in [-0.39, 0.29) is 6.61 Å². The standard InChI is InChI=1S/C21H24N2O3S/c1-14-8-9-15(2)18(12-14)25-13-19-22-23-21(26-19)27-11-10-24-20-16(3)6-5-7-17(20)4/h5-9,12H,10-11,13H2,1-4H3. The van der Waals surface area contributed by atoms with E-state index in [0.717, 1.165) is 39.5 Å². The van der Waals surface area contributed by atoms with E-state index in [2.05, 4.69) is 42.2 Å². The van der Waals surface area contributed by atoms with Gasteiger partial charge >= 0.3 is 0 Å². The van der Waals surface area contributed by atoms with E-state index in [9.17, 15) is 0 Å². The SMILES string of the molecule is Cc1ccc(C)c(OCc2nnc(SCCOc3c(C)cccc3C)o2)c1. The molecular formula is C21H24N2O3S. The van der Waals surface area contributed by atoms with Crippen molar-refractivity contribution in [3.63, 3.8) is 0 Å². The molecule has 0 N–H and O–H groups in total. The molecule has 0 aliphatic rings. The number of aromatic nitrogens is 2. The first kappa shape index (κ1) is 19.3. The van der Waals surface area contributed by atoms with Gasteiger partial charge in [0.25, 0.3) is 11.1 Å². The van der Waals surface area contributed by atoms with E-state index in [1.54, 1.807) is 0 Å². The predicted molar refractivity (Wildman–Crippen MR) is 107 cm³/mol. The molecule has 5 nitrogen and oxygen atoms in total. The lowest BCUT2D eigenvalue weighted by Crippen LogP contribution is -2.02. The monoisotopic (exact) mass is 384 g/mol. The summed E-state index contributed by atoms with van der Waals surface area (Å²) in [6.07, 6.45) is 0. The highest BCUT2D eigenvalue weighted by Crippen LogP contribution is 2.24. The molecule has 2 aromatic carbocycles. The Balaban J connectivity index is 1.46. The summed E-state index contributed by atoms with van der Waals surface area (Å²) in [5.41, 5.74) is 4.52. The normalized spacial score (nSPS) is 10.8. The molecule has 0 spiro atoms. The van der Waals surface area contributed by atoms with Crippen LogP contribution < -0.4 is 9.47 Å². The molecule has 142 valence electrons. The third kappa shape index (κ3) is 5.26. The molecule has 0 atom stereocenters. The zero-order chi connectivity index (χ0) is 19.2. The molecule has 3 rings (SSSR count). The summed E-state index contributed by atoms with van der Waals surface area (Å²) in [5.74, 6) is 2.98. The van der Waals surface area contributed by atoms with Gasteiger partial charge < -0.3 is 13.9 Å². The smallest absolute Gasteiger partial charge is 0.276 e. The molecule has 27 heavy (non-hydrogen) atoms. The molecular weight excluding hydrogens is 360 g/mol. The Morgan fingerprint density at radius 1 is 0.926 bits per heavy atom. The summed E-state index contributed by atoms with van der Waals surface area (Å²) >= 11 is 1.48. The van der Waals surface area contributed by atoms with Gasteiger partial charge in [-0.1, -0.05) is 42.1 Å². The molecule has 0 fully saturated rings. The van der Waals surface area contributed by atoms with Crippen LogP contribution in [0.3, 0.4) is 0 Å². The number of ether oxygens (including phenoxy) is 2. The minimum absolute atomic E-state index is 0.261. The molecule has 0 unspecified atom stereocenters. The Morgan fingerprint density at radius 2 is 1.70 bits per heavy atom. The molecule has 0 bridgehead atoms. The van der Waals surface area contributed by atoms with Crippen molar-refractivity contribution < 1.29 is 13.9 Å². The van der Waals surface area contributed by atoms with Gasteiger partial charge in [0, 0.05) is 5.75 Å². The highest BCUT2D eigenvalue weighted by Gasteiger charge is 2.09. The molecule has 0 saturated heterocycles. The van der Waals surface area contributed by atoms with Crippen LogP contribution in [0.15, 0.2) is 46.0 Å². The second-order valence-electron chi connectivity index (χ2n) is 6.44. The number of hydrogen-bond donors (Lipinski definition) is 0. The fourth-order valence-electron chi connectivity index (χ4n) is 2.66. The second kappa shape index (κ2) is 8.95. The fraction of sp³-hybridized carbons (Fsp3) is 0.333. The maximum absolute atomic E-state index is 5.89. The first-order chi connectivity index (χ1) is 13.0. The number of aryl methyl sites for hydroxylation is 4. The van der Waals surface area contributed by atoms with Gasteiger partial charge in [-0.15, -0.1) is 10.2 Å². The van der Waals surface area contributed by atoms with Crippen LogP contribution in [0.1, 0.15) is 28.1 Å². The van der Waals surface area contributed by atoms with E-state index >= 15 is 0 Å². The third-order valence-electron chi connectivity index (χ3n) is 4.11. The molecule has 0 radical (unpaired) electrons. The van der Waals surface area contributed by atoms with Crippen molar-refractivity contribution in [1.29, 1.82) is 0 Å². The molecule has 1 aromatic heterocycles. The van der Waals surface area contributed by atoms with Crippen molar-refractivity contribution >= 4 is 11.8 Å². The average Bonchev–Trinajstić information content (AvgIpc) is 3.09. The summed E-state index contributed by atoms with van der Waals surface area (Å²) in [6.45, 7) is 8.99. The van der Waals surface area contributed by atoms with Crippen LogP contribution in [0.25, 0.3) is 0 Å². The maximum Gasteiger partial charge on any atom is 0.276 e. The molecule has 0 saturated carbocycles. The zero-order valence-electron chi connectivity index (χ0n) is 16.1. The van der Waals surface area contributed by atoms with Gasteiger partial charge in [0.2, 0.25) is 0 Å². The first-order valence-corrected chi connectivity index (χ1v) is 9.86. The Hall–Kier alpha value is -2.47. The number of nitrogens with zero attached hydrogens (tertiary/aromatic N) is 2. The summed E-state index contributed by atoms with van der Waals surface area (Å²) in [5, 5.41) is 8.63. The van der Waals surface area contributed by atoms with Crippen LogP contribution in [0.5, 0.6) is 11.5 Å². The van der Waals surface area contributed by atoms with Crippen LogP contribution in [-0.4, -0.2) is 22.6 Å². The van der Waals surface area contributed by atoms with E-state index < -0.39 is 0 Å². The van der Waals surface area contributed by atoms with E-state index in [1.165, 1.54) is 11.8 Å². The van der Waals surface area contributed by atoms with Crippen LogP contribution in [-0.2, 0) is 6.61 Å². The largest absolute Gasteiger partial charge is 0.492 e. The van der Waals surface area contributed by atoms with Gasteiger partial charge in [0.05, 0.1) is 6.61 Å². The molecule has 6 heteroatoms. The molecule has 1 heterocycles. The number of para-hydroxylation sites is 1. The highest BCUT2D eigenvalue weighted by molar-refractivity contribution is 7.99. The average molecular weight is 385 g/mol. The number of hydrogen-bond acceptors (Lipinski definition) is 6. The summed E-state index contributed by atoms with van der Waals surface area (Å²) in [4.78, 5) is 0. The zero-order valence-corrected chi connectivity index (χ0v) is 16.9. The van der Waals surface area contributed by atoms with E-state index in [1.807, 2.05) is 32.0 Å². The Morgan fingerprint density at radius 3 is 2.48 bits per heavy atom. The second-order valence-corrected chi connectivity index (χ2v) is 7.48. The van der Waals surface area contributed by atoms with Gasteiger partial charge in [-0.05, 0) is 56.0 Å². The van der Waals surface area contributed by atoms with Gasteiger partial charge in [-0.2, -0.15) is 0 Å². The summed E-state index contributed by atoms with van der Waals surface area (Å²) in [7, 11) is 0. The number of benzene rings is 2. The molecule has 0 amide bonds. The fourth-order valence-corrected chi connectivity index (χ4v) is 3.25. The van der Waals surface area contributed by atoms with Crippen molar-refractivity contribution in [3.8, 4) is 11.5 Å². The van der Waals surface area contributed by atoms with Crippen molar-refractivity contribution in [2.75, 3.05) is 12.4 Å².